The molecular formula is C14H17N5O4. The van der Waals surface area contributed by atoms with Gasteiger partial charge in [0.15, 0.2) is 5.82 Å². The maximum atomic E-state index is 11.7. The van der Waals surface area contributed by atoms with Gasteiger partial charge in [-0.05, 0) is 19.1 Å². The molecule has 0 aliphatic carbocycles. The van der Waals surface area contributed by atoms with Gasteiger partial charge in [-0.2, -0.15) is 4.98 Å². The summed E-state index contributed by atoms with van der Waals surface area (Å²) in [6.07, 6.45) is -0.400. The second-order valence-electron chi connectivity index (χ2n) is 4.44. The summed E-state index contributed by atoms with van der Waals surface area (Å²) < 4.78 is 9.91. The van der Waals surface area contributed by atoms with E-state index >= 15 is 0 Å². The molecule has 2 rings (SSSR count). The van der Waals surface area contributed by atoms with Crippen LogP contribution in [0.5, 0.6) is 5.75 Å². The number of hydrazine groups is 1. The van der Waals surface area contributed by atoms with Crippen molar-refractivity contribution in [1.29, 1.82) is 0 Å². The van der Waals surface area contributed by atoms with Crippen LogP contribution < -0.4 is 21.3 Å². The topological polar surface area (TPSA) is 128 Å². The van der Waals surface area contributed by atoms with Crippen LogP contribution >= 0.6 is 0 Å². The van der Waals surface area contributed by atoms with Crippen molar-refractivity contribution in [2.75, 3.05) is 24.9 Å². The number of amides is 1. The van der Waals surface area contributed by atoms with Crippen molar-refractivity contribution in [1.82, 2.24) is 15.4 Å². The molecule has 23 heavy (non-hydrogen) atoms. The number of ether oxygens (including phenoxy) is 2. The number of methoxy groups -OCH3 is 1. The van der Waals surface area contributed by atoms with Gasteiger partial charge in [-0.1, -0.05) is 6.07 Å². The number of benzene rings is 1. The second-order valence-corrected chi connectivity index (χ2v) is 4.44. The molecule has 1 aromatic heterocycles. The highest BCUT2D eigenvalue weighted by Crippen LogP contribution is 2.28. The SMILES string of the molecule is CCOC(=O)CC(=O)NNc1nc(N)nc2c(OC)cccc12. The summed E-state index contributed by atoms with van der Waals surface area (Å²) in [5.41, 5.74) is 11.2. The molecule has 9 nitrogen and oxygen atoms in total. The first kappa shape index (κ1) is 16.3. The highest BCUT2D eigenvalue weighted by molar-refractivity contribution is 5.97. The van der Waals surface area contributed by atoms with E-state index in [4.69, 9.17) is 15.2 Å². The van der Waals surface area contributed by atoms with Gasteiger partial charge < -0.3 is 15.2 Å². The Morgan fingerprint density at radius 3 is 2.78 bits per heavy atom. The van der Waals surface area contributed by atoms with E-state index in [9.17, 15) is 9.59 Å². The first-order valence-electron chi connectivity index (χ1n) is 6.85. The Morgan fingerprint density at radius 2 is 2.09 bits per heavy atom. The Balaban J connectivity index is 2.17. The number of aromatic nitrogens is 2. The average molecular weight is 319 g/mol. The number of nitrogens with two attached hydrogens (primary N) is 1. The second kappa shape index (κ2) is 7.25. The first-order valence-corrected chi connectivity index (χ1v) is 6.85. The van der Waals surface area contributed by atoms with E-state index in [0.29, 0.717) is 22.5 Å². The fourth-order valence-electron chi connectivity index (χ4n) is 1.92. The van der Waals surface area contributed by atoms with Crippen LogP contribution in [0.25, 0.3) is 10.9 Å². The van der Waals surface area contributed by atoms with Gasteiger partial charge in [-0.25, -0.2) is 4.98 Å². The minimum atomic E-state index is -0.611. The molecule has 0 aliphatic heterocycles. The van der Waals surface area contributed by atoms with Crippen LogP contribution in [0.2, 0.25) is 0 Å². The number of nitrogen functional groups attached to an aromatic ring is 1. The zero-order chi connectivity index (χ0) is 16.8. The number of para-hydroxylation sites is 1. The summed E-state index contributed by atoms with van der Waals surface area (Å²) in [5, 5.41) is 0.606. The molecule has 0 saturated heterocycles. The van der Waals surface area contributed by atoms with Gasteiger partial charge in [0, 0.05) is 5.39 Å². The van der Waals surface area contributed by atoms with Crippen molar-refractivity contribution >= 4 is 34.5 Å². The van der Waals surface area contributed by atoms with Crippen molar-refractivity contribution in [2.24, 2.45) is 0 Å². The lowest BCUT2D eigenvalue weighted by molar-refractivity contribution is -0.145. The third-order valence-electron chi connectivity index (χ3n) is 2.86. The lowest BCUT2D eigenvalue weighted by Gasteiger charge is -2.12. The van der Waals surface area contributed by atoms with Gasteiger partial charge in [0.2, 0.25) is 11.9 Å². The van der Waals surface area contributed by atoms with Crippen molar-refractivity contribution in [3.05, 3.63) is 18.2 Å². The molecule has 1 amide bonds. The Hall–Kier alpha value is -3.10. The van der Waals surface area contributed by atoms with E-state index < -0.39 is 18.3 Å². The molecule has 4 N–H and O–H groups in total. The van der Waals surface area contributed by atoms with Gasteiger partial charge in [-0.15, -0.1) is 0 Å². The molecule has 0 spiro atoms. The van der Waals surface area contributed by atoms with Crippen LogP contribution in [0, 0.1) is 0 Å². The number of rotatable bonds is 6. The van der Waals surface area contributed by atoms with Crippen molar-refractivity contribution < 1.29 is 19.1 Å². The smallest absolute Gasteiger partial charge is 0.315 e. The minimum Gasteiger partial charge on any atom is -0.494 e. The summed E-state index contributed by atoms with van der Waals surface area (Å²) in [7, 11) is 1.52. The maximum Gasteiger partial charge on any atom is 0.315 e. The van der Waals surface area contributed by atoms with Crippen molar-refractivity contribution in [3.8, 4) is 5.75 Å². The Bertz CT molecular complexity index is 734. The molecule has 0 fully saturated rings. The van der Waals surface area contributed by atoms with E-state index in [0.717, 1.165) is 0 Å². The van der Waals surface area contributed by atoms with Gasteiger partial charge in [0.25, 0.3) is 0 Å². The number of anilines is 2. The van der Waals surface area contributed by atoms with Crippen molar-refractivity contribution in [2.45, 2.75) is 13.3 Å². The standard InChI is InChI=1S/C14H17N5O4/c1-3-23-11(21)7-10(20)18-19-13-8-5-4-6-9(22-2)12(8)16-14(15)17-13/h4-6H,3,7H2,1-2H3,(H,18,20)(H3,15,16,17,19). The maximum absolute atomic E-state index is 11.7. The number of fused-ring (bicyclic) bond motifs is 1. The lowest BCUT2D eigenvalue weighted by Crippen LogP contribution is -2.32. The van der Waals surface area contributed by atoms with Crippen LogP contribution in [0.15, 0.2) is 18.2 Å². The molecule has 9 heteroatoms. The third kappa shape index (κ3) is 3.96. The van der Waals surface area contributed by atoms with E-state index in [-0.39, 0.29) is 12.6 Å². The van der Waals surface area contributed by atoms with Crippen LogP contribution in [-0.4, -0.2) is 35.6 Å². The number of carbonyl (C=O) groups excluding carboxylic acids is 2. The van der Waals surface area contributed by atoms with E-state index in [2.05, 4.69) is 20.8 Å². The predicted molar refractivity (Wildman–Crippen MR) is 83.5 cm³/mol. The first-order chi connectivity index (χ1) is 11.0. The molecule has 1 heterocycles. The largest absolute Gasteiger partial charge is 0.494 e. The molecule has 0 radical (unpaired) electrons. The van der Waals surface area contributed by atoms with E-state index in [1.807, 2.05) is 0 Å². The van der Waals surface area contributed by atoms with Crippen LogP contribution in [0.3, 0.4) is 0 Å². The van der Waals surface area contributed by atoms with Crippen LogP contribution in [0.4, 0.5) is 11.8 Å². The van der Waals surface area contributed by atoms with Gasteiger partial charge in [-0.3, -0.25) is 20.4 Å². The minimum absolute atomic E-state index is 0.0177. The van der Waals surface area contributed by atoms with Gasteiger partial charge in [0.05, 0.1) is 13.7 Å². The van der Waals surface area contributed by atoms with Crippen LogP contribution in [0.1, 0.15) is 13.3 Å². The average Bonchev–Trinajstić information content (AvgIpc) is 2.52. The quantitative estimate of drug-likeness (QED) is 0.401. The molecule has 0 aliphatic rings. The normalized spacial score (nSPS) is 10.2. The van der Waals surface area contributed by atoms with Gasteiger partial charge >= 0.3 is 5.97 Å². The van der Waals surface area contributed by atoms with E-state index in [1.54, 1.807) is 25.1 Å². The molecule has 1 aromatic carbocycles. The number of hydrogen-bond acceptors (Lipinski definition) is 8. The summed E-state index contributed by atoms with van der Waals surface area (Å²) in [6.45, 7) is 1.88. The number of carbonyl (C=O) groups is 2. The number of nitrogens with one attached hydrogen (secondary N) is 2. The molecule has 0 bridgehead atoms. The number of hydrogen-bond donors (Lipinski definition) is 3. The summed E-state index contributed by atoms with van der Waals surface area (Å²) in [5.74, 6) is -0.331. The highest BCUT2D eigenvalue weighted by Gasteiger charge is 2.13. The van der Waals surface area contributed by atoms with Crippen LogP contribution in [-0.2, 0) is 14.3 Å². The summed E-state index contributed by atoms with van der Waals surface area (Å²) >= 11 is 0. The Labute approximate surface area is 132 Å². The molecule has 0 atom stereocenters. The summed E-state index contributed by atoms with van der Waals surface area (Å²) in [6, 6.07) is 5.24. The van der Waals surface area contributed by atoms with Crippen molar-refractivity contribution in [3.63, 3.8) is 0 Å². The number of nitrogens with zero attached hydrogens (tertiary/aromatic N) is 2. The fourth-order valence-corrected chi connectivity index (χ4v) is 1.92. The lowest BCUT2D eigenvalue weighted by atomic mass is 10.2. The number of esters is 1. The predicted octanol–water partition coefficient (Wildman–Crippen LogP) is 0.617. The monoisotopic (exact) mass is 319 g/mol. The fraction of sp³-hybridized carbons (Fsp3) is 0.286. The molecule has 122 valence electrons. The molecule has 0 unspecified atom stereocenters. The Kier molecular flexibility index (Phi) is 5.13. The van der Waals surface area contributed by atoms with Gasteiger partial charge in [0.1, 0.15) is 17.7 Å². The summed E-state index contributed by atoms with van der Waals surface area (Å²) in [4.78, 5) is 31.1. The van der Waals surface area contributed by atoms with E-state index in [1.165, 1.54) is 7.11 Å². The zero-order valence-electron chi connectivity index (χ0n) is 12.8. The molecular weight excluding hydrogens is 302 g/mol. The zero-order valence-corrected chi connectivity index (χ0v) is 12.8. The molecule has 0 saturated carbocycles. The molecule has 2 aromatic rings. The third-order valence-corrected chi connectivity index (χ3v) is 2.86. The highest BCUT2D eigenvalue weighted by atomic mass is 16.5. The Morgan fingerprint density at radius 1 is 1.30 bits per heavy atom.